The first-order chi connectivity index (χ1) is 10.7. The molecule has 1 aromatic rings. The molecule has 0 heterocycles. The van der Waals surface area contributed by atoms with Crippen molar-refractivity contribution < 1.29 is 4.79 Å². The summed E-state index contributed by atoms with van der Waals surface area (Å²) in [6, 6.07) is 12.3. The molecule has 118 valence electrons. The highest BCUT2D eigenvalue weighted by atomic mass is 16.2. The van der Waals surface area contributed by atoms with Crippen LogP contribution in [0.3, 0.4) is 0 Å². The Balaban J connectivity index is 2.00. The van der Waals surface area contributed by atoms with Crippen molar-refractivity contribution in [3.8, 4) is 6.07 Å². The van der Waals surface area contributed by atoms with Crippen LogP contribution >= 0.6 is 0 Å². The third-order valence-electron chi connectivity index (χ3n) is 4.38. The van der Waals surface area contributed by atoms with Crippen LogP contribution in [0, 0.1) is 11.3 Å². The Labute approximate surface area is 133 Å². The zero-order chi connectivity index (χ0) is 15.8. The standard InChI is InChI=1S/C18H25N3O/c1-15(16-9-4-2-5-10-16)20-18(22)21(14-8-13-19)17-11-6-3-7-12-17/h2,4-5,9-10,15,17H,3,6-8,11-12,14H2,1H3,(H,20,22). The summed E-state index contributed by atoms with van der Waals surface area (Å²) >= 11 is 0. The number of amides is 2. The molecule has 1 aliphatic carbocycles. The van der Waals surface area contributed by atoms with Gasteiger partial charge in [-0.05, 0) is 25.3 Å². The zero-order valence-electron chi connectivity index (χ0n) is 13.3. The summed E-state index contributed by atoms with van der Waals surface area (Å²) in [4.78, 5) is 14.5. The number of benzene rings is 1. The molecule has 1 N–H and O–H groups in total. The molecule has 2 amide bonds. The second-order valence-corrected chi connectivity index (χ2v) is 5.98. The lowest BCUT2D eigenvalue weighted by molar-refractivity contribution is 0.154. The number of hydrogen-bond acceptors (Lipinski definition) is 2. The summed E-state index contributed by atoms with van der Waals surface area (Å²) in [5, 5.41) is 11.9. The molecule has 0 saturated heterocycles. The molecular weight excluding hydrogens is 274 g/mol. The molecule has 4 heteroatoms. The van der Waals surface area contributed by atoms with Gasteiger partial charge in [0.05, 0.1) is 18.5 Å². The SMILES string of the molecule is CC(NC(=O)N(CCC#N)C1CCCCC1)c1ccccc1. The number of urea groups is 1. The first-order valence-corrected chi connectivity index (χ1v) is 8.21. The minimum absolute atomic E-state index is 0.0260. The Morgan fingerprint density at radius 3 is 2.64 bits per heavy atom. The van der Waals surface area contributed by atoms with Crippen LogP contribution in [-0.4, -0.2) is 23.5 Å². The fraction of sp³-hybridized carbons (Fsp3) is 0.556. The van der Waals surface area contributed by atoms with E-state index in [0.29, 0.717) is 13.0 Å². The van der Waals surface area contributed by atoms with Crippen LogP contribution in [0.15, 0.2) is 30.3 Å². The maximum atomic E-state index is 12.6. The van der Waals surface area contributed by atoms with Crippen molar-refractivity contribution in [3.63, 3.8) is 0 Å². The van der Waals surface area contributed by atoms with Crippen LogP contribution < -0.4 is 5.32 Å². The van der Waals surface area contributed by atoms with E-state index in [1.165, 1.54) is 19.3 Å². The van der Waals surface area contributed by atoms with Crippen molar-refractivity contribution in [2.75, 3.05) is 6.54 Å². The molecule has 0 aromatic heterocycles. The lowest BCUT2D eigenvalue weighted by Gasteiger charge is -2.34. The van der Waals surface area contributed by atoms with E-state index >= 15 is 0 Å². The van der Waals surface area contributed by atoms with E-state index in [1.807, 2.05) is 42.2 Å². The molecule has 0 aliphatic heterocycles. The Hall–Kier alpha value is -2.02. The predicted octanol–water partition coefficient (Wildman–Crippen LogP) is 4.01. The number of hydrogen-bond donors (Lipinski definition) is 1. The predicted molar refractivity (Wildman–Crippen MR) is 87.2 cm³/mol. The monoisotopic (exact) mass is 299 g/mol. The molecule has 1 fully saturated rings. The van der Waals surface area contributed by atoms with Gasteiger partial charge in [-0.1, -0.05) is 49.6 Å². The van der Waals surface area contributed by atoms with Crippen molar-refractivity contribution in [3.05, 3.63) is 35.9 Å². The number of nitrogens with one attached hydrogen (secondary N) is 1. The fourth-order valence-electron chi connectivity index (χ4n) is 3.11. The van der Waals surface area contributed by atoms with Gasteiger partial charge in [-0.15, -0.1) is 0 Å². The van der Waals surface area contributed by atoms with Gasteiger partial charge in [-0.25, -0.2) is 4.79 Å². The topological polar surface area (TPSA) is 56.1 Å². The third-order valence-corrected chi connectivity index (χ3v) is 4.38. The van der Waals surface area contributed by atoms with E-state index < -0.39 is 0 Å². The van der Waals surface area contributed by atoms with Crippen molar-refractivity contribution in [1.82, 2.24) is 10.2 Å². The summed E-state index contributed by atoms with van der Waals surface area (Å²) in [6.07, 6.45) is 6.11. The van der Waals surface area contributed by atoms with Gasteiger partial charge in [0.15, 0.2) is 0 Å². The molecule has 2 rings (SSSR count). The molecule has 22 heavy (non-hydrogen) atoms. The van der Waals surface area contributed by atoms with E-state index in [4.69, 9.17) is 5.26 Å². The van der Waals surface area contributed by atoms with Gasteiger partial charge in [0.2, 0.25) is 0 Å². The normalized spacial score (nSPS) is 16.5. The highest BCUT2D eigenvalue weighted by Gasteiger charge is 2.26. The van der Waals surface area contributed by atoms with Crippen molar-refractivity contribution >= 4 is 6.03 Å². The second kappa shape index (κ2) is 8.43. The number of nitrogens with zero attached hydrogens (tertiary/aromatic N) is 2. The maximum Gasteiger partial charge on any atom is 0.318 e. The Morgan fingerprint density at radius 1 is 1.32 bits per heavy atom. The first-order valence-electron chi connectivity index (χ1n) is 8.21. The lowest BCUT2D eigenvalue weighted by atomic mass is 9.94. The van der Waals surface area contributed by atoms with Crippen LogP contribution in [0.1, 0.15) is 57.1 Å². The van der Waals surface area contributed by atoms with Crippen LogP contribution in [0.4, 0.5) is 4.79 Å². The van der Waals surface area contributed by atoms with Crippen LogP contribution in [0.5, 0.6) is 0 Å². The summed E-state index contributed by atoms with van der Waals surface area (Å²) in [6.45, 7) is 2.52. The molecule has 0 bridgehead atoms. The average molecular weight is 299 g/mol. The summed E-state index contributed by atoms with van der Waals surface area (Å²) in [5.74, 6) is 0. The van der Waals surface area contributed by atoms with E-state index in [0.717, 1.165) is 18.4 Å². The van der Waals surface area contributed by atoms with Gasteiger partial charge in [0, 0.05) is 12.6 Å². The van der Waals surface area contributed by atoms with E-state index in [9.17, 15) is 4.79 Å². The third kappa shape index (κ3) is 4.49. The second-order valence-electron chi connectivity index (χ2n) is 5.98. The largest absolute Gasteiger partial charge is 0.331 e. The molecule has 1 saturated carbocycles. The summed E-state index contributed by atoms with van der Waals surface area (Å²) in [7, 11) is 0. The molecule has 1 aliphatic rings. The maximum absolute atomic E-state index is 12.6. The lowest BCUT2D eigenvalue weighted by Crippen LogP contribution is -2.47. The Bertz CT molecular complexity index is 503. The van der Waals surface area contributed by atoms with Crippen molar-refractivity contribution in [2.24, 2.45) is 0 Å². The van der Waals surface area contributed by atoms with Crippen molar-refractivity contribution in [2.45, 2.75) is 57.5 Å². The highest BCUT2D eigenvalue weighted by molar-refractivity contribution is 5.75. The highest BCUT2D eigenvalue weighted by Crippen LogP contribution is 2.23. The molecular formula is C18H25N3O. The number of carbonyl (C=O) groups excluding carboxylic acids is 1. The van der Waals surface area contributed by atoms with E-state index in [1.54, 1.807) is 0 Å². The van der Waals surface area contributed by atoms with Gasteiger partial charge in [0.1, 0.15) is 0 Å². The number of carbonyl (C=O) groups is 1. The van der Waals surface area contributed by atoms with Gasteiger partial charge in [-0.2, -0.15) is 5.26 Å². The zero-order valence-corrected chi connectivity index (χ0v) is 13.3. The van der Waals surface area contributed by atoms with Crippen LogP contribution in [0.2, 0.25) is 0 Å². The summed E-state index contributed by atoms with van der Waals surface area (Å²) in [5.41, 5.74) is 1.10. The minimum atomic E-state index is -0.0431. The number of rotatable bonds is 5. The van der Waals surface area contributed by atoms with E-state index in [-0.39, 0.29) is 18.1 Å². The molecule has 0 radical (unpaired) electrons. The Morgan fingerprint density at radius 2 is 2.00 bits per heavy atom. The van der Waals surface area contributed by atoms with Gasteiger partial charge in [0.25, 0.3) is 0 Å². The number of nitriles is 1. The molecule has 1 unspecified atom stereocenters. The molecule has 1 atom stereocenters. The first kappa shape index (κ1) is 16.4. The summed E-state index contributed by atoms with van der Waals surface area (Å²) < 4.78 is 0. The quantitative estimate of drug-likeness (QED) is 0.893. The van der Waals surface area contributed by atoms with Crippen LogP contribution in [0.25, 0.3) is 0 Å². The molecule has 4 nitrogen and oxygen atoms in total. The van der Waals surface area contributed by atoms with Gasteiger partial charge >= 0.3 is 6.03 Å². The molecule has 0 spiro atoms. The minimum Gasteiger partial charge on any atom is -0.331 e. The molecule has 1 aromatic carbocycles. The smallest absolute Gasteiger partial charge is 0.318 e. The fourth-order valence-corrected chi connectivity index (χ4v) is 3.11. The van der Waals surface area contributed by atoms with Gasteiger partial charge in [-0.3, -0.25) is 0 Å². The average Bonchev–Trinajstić information content (AvgIpc) is 2.57. The van der Waals surface area contributed by atoms with Gasteiger partial charge < -0.3 is 10.2 Å². The van der Waals surface area contributed by atoms with Crippen LogP contribution in [-0.2, 0) is 0 Å². The van der Waals surface area contributed by atoms with Crippen molar-refractivity contribution in [1.29, 1.82) is 5.26 Å². The Kier molecular flexibility index (Phi) is 6.27. The van der Waals surface area contributed by atoms with E-state index in [2.05, 4.69) is 11.4 Å².